The highest BCUT2D eigenvalue weighted by Gasteiger charge is 2.31. The number of carbonyl (C=O) groups is 1. The number of hydrogen-bond donors (Lipinski definition) is 1. The molecule has 124 valence electrons. The number of ether oxygens (including phenoxy) is 1. The number of aryl methyl sites for hydroxylation is 2. The first-order valence-corrected chi connectivity index (χ1v) is 7.99. The summed E-state index contributed by atoms with van der Waals surface area (Å²) in [6.45, 7) is 6.56. The molecule has 6 heteroatoms. The number of amides is 1. The zero-order chi connectivity index (χ0) is 16.7. The molecule has 0 saturated carbocycles. The summed E-state index contributed by atoms with van der Waals surface area (Å²) in [5, 5.41) is 7.50. The second-order valence-electron chi connectivity index (χ2n) is 6.34. The van der Waals surface area contributed by atoms with Crippen molar-refractivity contribution < 1.29 is 9.53 Å². The van der Waals surface area contributed by atoms with Gasteiger partial charge in [0.25, 0.3) is 5.91 Å². The molecule has 2 aromatic heterocycles. The minimum atomic E-state index is -0.0820. The largest absolute Gasteiger partial charge is 0.369 e. The van der Waals surface area contributed by atoms with Crippen LogP contribution in [0.4, 0.5) is 0 Å². The number of carbonyl (C=O) groups excluding carboxylic acids is 1. The molecule has 0 radical (unpaired) electrons. The van der Waals surface area contributed by atoms with Crippen molar-refractivity contribution in [2.45, 2.75) is 45.9 Å². The Morgan fingerprint density at radius 3 is 2.78 bits per heavy atom. The maximum Gasteiger partial charge on any atom is 0.270 e. The van der Waals surface area contributed by atoms with Gasteiger partial charge in [-0.1, -0.05) is 0 Å². The van der Waals surface area contributed by atoms with Gasteiger partial charge >= 0.3 is 0 Å². The van der Waals surface area contributed by atoms with Crippen LogP contribution in [0.2, 0.25) is 0 Å². The Morgan fingerprint density at radius 1 is 1.39 bits per heavy atom. The van der Waals surface area contributed by atoms with E-state index < -0.39 is 0 Å². The fraction of sp³-hybridized carbons (Fsp3) is 0.529. The SMILES string of the molecule is Cc1ccc(CNC(=O)c2c3c(nn2C)[C@H](C)O[C@H](C)C3)n1C. The summed E-state index contributed by atoms with van der Waals surface area (Å²) in [4.78, 5) is 12.7. The average Bonchev–Trinajstić information content (AvgIpc) is 2.98. The molecule has 23 heavy (non-hydrogen) atoms. The summed E-state index contributed by atoms with van der Waals surface area (Å²) in [6, 6.07) is 4.08. The Labute approximate surface area is 136 Å². The van der Waals surface area contributed by atoms with Gasteiger partial charge in [0, 0.05) is 37.5 Å². The molecule has 3 rings (SSSR count). The van der Waals surface area contributed by atoms with Crippen molar-refractivity contribution in [1.29, 1.82) is 0 Å². The van der Waals surface area contributed by atoms with Crippen LogP contribution in [0.15, 0.2) is 12.1 Å². The highest BCUT2D eigenvalue weighted by atomic mass is 16.5. The third-order valence-electron chi connectivity index (χ3n) is 4.61. The first kappa shape index (κ1) is 15.8. The Balaban J connectivity index is 1.82. The predicted octanol–water partition coefficient (Wildman–Crippen LogP) is 2.02. The summed E-state index contributed by atoms with van der Waals surface area (Å²) < 4.78 is 9.55. The fourth-order valence-corrected chi connectivity index (χ4v) is 3.25. The van der Waals surface area contributed by atoms with E-state index in [0.29, 0.717) is 12.2 Å². The van der Waals surface area contributed by atoms with Crippen LogP contribution in [0.3, 0.4) is 0 Å². The van der Waals surface area contributed by atoms with Crippen LogP contribution >= 0.6 is 0 Å². The van der Waals surface area contributed by atoms with Crippen LogP contribution in [0.5, 0.6) is 0 Å². The van der Waals surface area contributed by atoms with Crippen molar-refractivity contribution in [2.24, 2.45) is 14.1 Å². The number of nitrogens with one attached hydrogen (secondary N) is 1. The van der Waals surface area contributed by atoms with Gasteiger partial charge in [-0.25, -0.2) is 0 Å². The van der Waals surface area contributed by atoms with E-state index in [-0.39, 0.29) is 18.1 Å². The third kappa shape index (κ3) is 2.79. The zero-order valence-electron chi connectivity index (χ0n) is 14.4. The van der Waals surface area contributed by atoms with Crippen LogP contribution < -0.4 is 5.32 Å². The van der Waals surface area contributed by atoms with Gasteiger partial charge in [-0.15, -0.1) is 0 Å². The fourth-order valence-electron chi connectivity index (χ4n) is 3.25. The Morgan fingerprint density at radius 2 is 2.13 bits per heavy atom. The van der Waals surface area contributed by atoms with Crippen LogP contribution in [0.1, 0.15) is 53.1 Å². The van der Waals surface area contributed by atoms with Gasteiger partial charge in [0.2, 0.25) is 0 Å². The molecule has 1 N–H and O–H groups in total. The van der Waals surface area contributed by atoms with Crippen LogP contribution in [0.25, 0.3) is 0 Å². The second-order valence-corrected chi connectivity index (χ2v) is 6.34. The minimum Gasteiger partial charge on any atom is -0.369 e. The topological polar surface area (TPSA) is 61.1 Å². The van der Waals surface area contributed by atoms with E-state index in [4.69, 9.17) is 4.74 Å². The van der Waals surface area contributed by atoms with Crippen molar-refractivity contribution in [2.75, 3.05) is 0 Å². The summed E-state index contributed by atoms with van der Waals surface area (Å²) >= 11 is 0. The third-order valence-corrected chi connectivity index (χ3v) is 4.61. The van der Waals surface area contributed by atoms with E-state index in [1.807, 2.05) is 47.0 Å². The molecule has 0 aliphatic carbocycles. The highest BCUT2D eigenvalue weighted by molar-refractivity contribution is 5.94. The van der Waals surface area contributed by atoms with E-state index >= 15 is 0 Å². The molecular formula is C17H24N4O2. The van der Waals surface area contributed by atoms with Gasteiger partial charge in [-0.05, 0) is 32.9 Å². The van der Waals surface area contributed by atoms with E-state index in [1.54, 1.807) is 4.68 Å². The molecule has 6 nitrogen and oxygen atoms in total. The van der Waals surface area contributed by atoms with E-state index in [9.17, 15) is 4.79 Å². The number of rotatable bonds is 3. The monoisotopic (exact) mass is 316 g/mol. The molecule has 0 bridgehead atoms. The quantitative estimate of drug-likeness (QED) is 0.942. The first-order chi connectivity index (χ1) is 10.9. The van der Waals surface area contributed by atoms with Gasteiger partial charge in [0.15, 0.2) is 0 Å². The predicted molar refractivity (Wildman–Crippen MR) is 87.2 cm³/mol. The van der Waals surface area contributed by atoms with Gasteiger partial charge in [0.1, 0.15) is 5.69 Å². The smallest absolute Gasteiger partial charge is 0.270 e. The molecule has 0 fully saturated rings. The lowest BCUT2D eigenvalue weighted by molar-refractivity contribution is -0.00710. The lowest BCUT2D eigenvalue weighted by atomic mass is 9.99. The maximum absolute atomic E-state index is 12.7. The number of fused-ring (bicyclic) bond motifs is 1. The van der Waals surface area contributed by atoms with E-state index in [2.05, 4.69) is 15.0 Å². The van der Waals surface area contributed by atoms with Gasteiger partial charge in [0.05, 0.1) is 24.4 Å². The van der Waals surface area contributed by atoms with Crippen LogP contribution in [0, 0.1) is 6.92 Å². The van der Waals surface area contributed by atoms with Crippen molar-refractivity contribution in [3.05, 3.63) is 40.5 Å². The number of nitrogens with zero attached hydrogens (tertiary/aromatic N) is 3. The van der Waals surface area contributed by atoms with Crippen molar-refractivity contribution in [3.63, 3.8) is 0 Å². The summed E-state index contributed by atoms with van der Waals surface area (Å²) in [5.41, 5.74) is 4.79. The van der Waals surface area contributed by atoms with Crippen molar-refractivity contribution in [1.82, 2.24) is 19.7 Å². The Bertz CT molecular complexity index is 744. The molecule has 1 aliphatic heterocycles. The second kappa shape index (κ2) is 5.85. The van der Waals surface area contributed by atoms with Crippen LogP contribution in [-0.4, -0.2) is 26.4 Å². The molecule has 0 saturated heterocycles. The zero-order valence-corrected chi connectivity index (χ0v) is 14.4. The molecule has 2 atom stereocenters. The normalized spacial score (nSPS) is 20.4. The number of aromatic nitrogens is 3. The Hall–Kier alpha value is -2.08. The van der Waals surface area contributed by atoms with Gasteiger partial charge in [-0.3, -0.25) is 9.48 Å². The van der Waals surface area contributed by atoms with Crippen molar-refractivity contribution >= 4 is 5.91 Å². The van der Waals surface area contributed by atoms with Gasteiger partial charge in [-0.2, -0.15) is 5.10 Å². The standard InChI is InChI=1S/C17H24N4O2/c1-10-6-7-13(20(10)4)9-18-17(22)16-14-8-11(2)23-12(3)15(14)19-21(16)5/h6-7,11-12H,8-9H2,1-5H3,(H,18,22)/t11-,12+/m1/s1. The maximum atomic E-state index is 12.7. The summed E-state index contributed by atoms with van der Waals surface area (Å²) in [5.74, 6) is -0.0820. The lowest BCUT2D eigenvalue weighted by Gasteiger charge is -2.24. The molecule has 1 amide bonds. The summed E-state index contributed by atoms with van der Waals surface area (Å²) in [6.07, 6.45) is 0.750. The van der Waals surface area contributed by atoms with E-state index in [0.717, 1.165) is 23.4 Å². The minimum absolute atomic E-state index is 0.0722. The van der Waals surface area contributed by atoms with Crippen molar-refractivity contribution in [3.8, 4) is 0 Å². The molecule has 0 unspecified atom stereocenters. The van der Waals surface area contributed by atoms with Crippen LogP contribution in [-0.2, 0) is 31.8 Å². The van der Waals surface area contributed by atoms with Gasteiger partial charge < -0.3 is 14.6 Å². The molecule has 2 aromatic rings. The molecule has 0 spiro atoms. The molecular weight excluding hydrogens is 292 g/mol. The molecule has 1 aliphatic rings. The lowest BCUT2D eigenvalue weighted by Crippen LogP contribution is -2.29. The first-order valence-electron chi connectivity index (χ1n) is 7.99. The molecule has 0 aromatic carbocycles. The molecule has 3 heterocycles. The number of hydrogen-bond acceptors (Lipinski definition) is 3. The summed E-state index contributed by atoms with van der Waals surface area (Å²) in [7, 11) is 3.82. The Kier molecular flexibility index (Phi) is 4.02. The highest BCUT2D eigenvalue weighted by Crippen LogP contribution is 2.31. The van der Waals surface area contributed by atoms with E-state index in [1.165, 1.54) is 5.69 Å². The average molecular weight is 316 g/mol.